The standard InChI is InChI=1S/C10H21NO2/c1-8(10(2,3)4)7-9(12)11(5)13-6/h8H,7H2,1-6H3. The summed E-state index contributed by atoms with van der Waals surface area (Å²) < 4.78 is 0. The molecule has 0 saturated carbocycles. The maximum atomic E-state index is 11.4. The molecule has 1 amide bonds. The maximum absolute atomic E-state index is 11.4. The van der Waals surface area contributed by atoms with Crippen molar-refractivity contribution < 1.29 is 9.63 Å². The first-order valence-corrected chi connectivity index (χ1v) is 4.59. The molecule has 0 aliphatic carbocycles. The molecule has 13 heavy (non-hydrogen) atoms. The van der Waals surface area contributed by atoms with Gasteiger partial charge in [0.25, 0.3) is 0 Å². The highest BCUT2D eigenvalue weighted by Gasteiger charge is 2.23. The van der Waals surface area contributed by atoms with Gasteiger partial charge in [-0.25, -0.2) is 5.06 Å². The average Bonchev–Trinajstić information content (AvgIpc) is 2.01. The number of amides is 1. The molecule has 3 heteroatoms. The van der Waals surface area contributed by atoms with Crippen molar-refractivity contribution >= 4 is 5.91 Å². The predicted molar refractivity (Wildman–Crippen MR) is 53.0 cm³/mol. The molecule has 0 saturated heterocycles. The van der Waals surface area contributed by atoms with Crippen LogP contribution in [-0.4, -0.2) is 25.1 Å². The Labute approximate surface area is 81.0 Å². The molecule has 0 aliphatic rings. The van der Waals surface area contributed by atoms with Crippen molar-refractivity contribution in [2.45, 2.75) is 34.1 Å². The molecule has 0 aromatic rings. The third-order valence-corrected chi connectivity index (χ3v) is 2.58. The van der Waals surface area contributed by atoms with E-state index in [0.29, 0.717) is 12.3 Å². The first-order chi connectivity index (χ1) is 5.79. The lowest BCUT2D eigenvalue weighted by molar-refractivity contribution is -0.170. The Bertz CT molecular complexity index is 172. The predicted octanol–water partition coefficient (Wildman–Crippen LogP) is 2.08. The summed E-state index contributed by atoms with van der Waals surface area (Å²) in [6, 6.07) is 0. The third-order valence-electron chi connectivity index (χ3n) is 2.58. The molecule has 0 bridgehead atoms. The van der Waals surface area contributed by atoms with Gasteiger partial charge in [-0.15, -0.1) is 0 Å². The van der Waals surface area contributed by atoms with Crippen LogP contribution >= 0.6 is 0 Å². The zero-order valence-electron chi connectivity index (χ0n) is 9.55. The van der Waals surface area contributed by atoms with Crippen LogP contribution in [0.4, 0.5) is 0 Å². The largest absolute Gasteiger partial charge is 0.275 e. The minimum atomic E-state index is 0.0323. The first-order valence-electron chi connectivity index (χ1n) is 4.59. The second kappa shape index (κ2) is 4.61. The van der Waals surface area contributed by atoms with Gasteiger partial charge in [-0.05, 0) is 11.3 Å². The van der Waals surface area contributed by atoms with E-state index in [1.807, 2.05) is 0 Å². The second-order valence-electron chi connectivity index (χ2n) is 4.54. The highest BCUT2D eigenvalue weighted by Crippen LogP contribution is 2.28. The molecule has 78 valence electrons. The van der Waals surface area contributed by atoms with E-state index >= 15 is 0 Å². The molecular weight excluding hydrogens is 166 g/mol. The summed E-state index contributed by atoms with van der Waals surface area (Å²) in [6.07, 6.45) is 0.536. The zero-order chi connectivity index (χ0) is 10.6. The van der Waals surface area contributed by atoms with Crippen LogP contribution in [0.3, 0.4) is 0 Å². The van der Waals surface area contributed by atoms with Crippen molar-refractivity contribution in [2.75, 3.05) is 14.2 Å². The Balaban J connectivity index is 4.07. The fourth-order valence-corrected chi connectivity index (χ4v) is 0.798. The summed E-state index contributed by atoms with van der Waals surface area (Å²) in [5, 5.41) is 1.28. The molecule has 1 unspecified atom stereocenters. The summed E-state index contributed by atoms with van der Waals surface area (Å²) >= 11 is 0. The van der Waals surface area contributed by atoms with Gasteiger partial charge in [0.05, 0.1) is 7.11 Å². The van der Waals surface area contributed by atoms with E-state index in [1.165, 1.54) is 12.2 Å². The summed E-state index contributed by atoms with van der Waals surface area (Å²) in [6.45, 7) is 8.49. The van der Waals surface area contributed by atoms with Gasteiger partial charge in [0.2, 0.25) is 5.91 Å². The molecule has 3 nitrogen and oxygen atoms in total. The van der Waals surface area contributed by atoms with Gasteiger partial charge in [-0.1, -0.05) is 27.7 Å². The topological polar surface area (TPSA) is 29.5 Å². The van der Waals surface area contributed by atoms with Gasteiger partial charge in [0.15, 0.2) is 0 Å². The monoisotopic (exact) mass is 187 g/mol. The number of carbonyl (C=O) groups excluding carboxylic acids is 1. The minimum absolute atomic E-state index is 0.0323. The van der Waals surface area contributed by atoms with Gasteiger partial charge >= 0.3 is 0 Å². The lowest BCUT2D eigenvalue weighted by Gasteiger charge is -2.27. The summed E-state index contributed by atoms with van der Waals surface area (Å²) in [5.74, 6) is 0.391. The van der Waals surface area contributed by atoms with Crippen LogP contribution < -0.4 is 0 Å². The van der Waals surface area contributed by atoms with Gasteiger partial charge in [-0.3, -0.25) is 9.63 Å². The summed E-state index contributed by atoms with van der Waals surface area (Å²) in [7, 11) is 3.14. The van der Waals surface area contributed by atoms with E-state index in [0.717, 1.165) is 0 Å². The van der Waals surface area contributed by atoms with Crippen molar-refractivity contribution in [1.82, 2.24) is 5.06 Å². The molecule has 0 fully saturated rings. The number of carbonyl (C=O) groups is 1. The van der Waals surface area contributed by atoms with Crippen LogP contribution in [0.1, 0.15) is 34.1 Å². The van der Waals surface area contributed by atoms with E-state index in [4.69, 9.17) is 4.84 Å². The Morgan fingerprint density at radius 1 is 1.46 bits per heavy atom. The molecule has 0 aromatic heterocycles. The SMILES string of the molecule is CON(C)C(=O)CC(C)C(C)(C)C. The molecule has 0 heterocycles. The normalized spacial score (nSPS) is 14.0. The van der Waals surface area contributed by atoms with Crippen LogP contribution in [0.5, 0.6) is 0 Å². The molecule has 0 rings (SSSR count). The molecule has 0 spiro atoms. The number of hydroxylamine groups is 2. The van der Waals surface area contributed by atoms with Crippen LogP contribution in [0.25, 0.3) is 0 Å². The van der Waals surface area contributed by atoms with Crippen molar-refractivity contribution in [3.8, 4) is 0 Å². The quantitative estimate of drug-likeness (QED) is 0.633. The number of hydrogen-bond acceptors (Lipinski definition) is 2. The molecular formula is C10H21NO2. The average molecular weight is 187 g/mol. The number of nitrogens with zero attached hydrogens (tertiary/aromatic N) is 1. The second-order valence-corrected chi connectivity index (χ2v) is 4.54. The van der Waals surface area contributed by atoms with E-state index < -0.39 is 0 Å². The van der Waals surface area contributed by atoms with Gasteiger partial charge < -0.3 is 0 Å². The number of rotatable bonds is 3. The lowest BCUT2D eigenvalue weighted by atomic mass is 9.80. The van der Waals surface area contributed by atoms with Crippen molar-refractivity contribution in [2.24, 2.45) is 11.3 Å². The van der Waals surface area contributed by atoms with Crippen LogP contribution in [0.2, 0.25) is 0 Å². The fourth-order valence-electron chi connectivity index (χ4n) is 0.798. The fraction of sp³-hybridized carbons (Fsp3) is 0.900. The van der Waals surface area contributed by atoms with E-state index in [1.54, 1.807) is 7.05 Å². The van der Waals surface area contributed by atoms with Gasteiger partial charge in [-0.2, -0.15) is 0 Å². The van der Waals surface area contributed by atoms with E-state index in [9.17, 15) is 4.79 Å². The van der Waals surface area contributed by atoms with Crippen molar-refractivity contribution in [1.29, 1.82) is 0 Å². The molecule has 0 aliphatic heterocycles. The highest BCUT2D eigenvalue weighted by molar-refractivity contribution is 5.75. The lowest BCUT2D eigenvalue weighted by Crippen LogP contribution is -2.30. The van der Waals surface area contributed by atoms with Crippen molar-refractivity contribution in [3.63, 3.8) is 0 Å². The number of hydrogen-bond donors (Lipinski definition) is 0. The highest BCUT2D eigenvalue weighted by atomic mass is 16.7. The summed E-state index contributed by atoms with van der Waals surface area (Å²) in [4.78, 5) is 16.2. The van der Waals surface area contributed by atoms with E-state index in [2.05, 4.69) is 27.7 Å². The van der Waals surface area contributed by atoms with Crippen molar-refractivity contribution in [3.05, 3.63) is 0 Å². The summed E-state index contributed by atoms with van der Waals surface area (Å²) in [5.41, 5.74) is 0.171. The Morgan fingerprint density at radius 3 is 2.23 bits per heavy atom. The zero-order valence-corrected chi connectivity index (χ0v) is 9.55. The van der Waals surface area contributed by atoms with Gasteiger partial charge in [0.1, 0.15) is 0 Å². The Kier molecular flexibility index (Phi) is 4.40. The molecule has 1 atom stereocenters. The Morgan fingerprint density at radius 2 is 1.92 bits per heavy atom. The third kappa shape index (κ3) is 4.27. The molecule has 0 N–H and O–H groups in total. The Hall–Kier alpha value is -0.570. The van der Waals surface area contributed by atoms with Crippen LogP contribution in [0.15, 0.2) is 0 Å². The van der Waals surface area contributed by atoms with Crippen LogP contribution in [-0.2, 0) is 9.63 Å². The van der Waals surface area contributed by atoms with E-state index in [-0.39, 0.29) is 11.3 Å². The van der Waals surface area contributed by atoms with Crippen LogP contribution in [0, 0.1) is 11.3 Å². The first kappa shape index (κ1) is 12.4. The molecule has 0 aromatic carbocycles. The minimum Gasteiger partial charge on any atom is -0.275 e. The van der Waals surface area contributed by atoms with Gasteiger partial charge in [0, 0.05) is 13.5 Å². The smallest absolute Gasteiger partial charge is 0.246 e. The maximum Gasteiger partial charge on any atom is 0.246 e. The molecule has 0 radical (unpaired) electrons.